The Morgan fingerprint density at radius 3 is 2.71 bits per heavy atom. The lowest BCUT2D eigenvalue weighted by Gasteiger charge is -2.12. The second kappa shape index (κ2) is 10.7. The molecule has 1 aliphatic carbocycles. The van der Waals surface area contributed by atoms with Gasteiger partial charge in [0, 0.05) is 25.1 Å². The third-order valence-corrected chi connectivity index (χ3v) is 5.62. The third-order valence-electron chi connectivity index (χ3n) is 4.64. The summed E-state index contributed by atoms with van der Waals surface area (Å²) in [4.78, 5) is 24.2. The molecular formula is C21H26N4O2S. The first-order chi connectivity index (χ1) is 13.7. The normalized spacial score (nSPS) is 13.6. The molecule has 7 heteroatoms. The van der Waals surface area contributed by atoms with E-state index in [2.05, 4.69) is 26.9 Å². The van der Waals surface area contributed by atoms with E-state index in [-0.39, 0.29) is 11.8 Å². The molecule has 2 amide bonds. The zero-order valence-corrected chi connectivity index (χ0v) is 16.8. The lowest BCUT2D eigenvalue weighted by atomic mass is 9.97. The van der Waals surface area contributed by atoms with Crippen LogP contribution in [0.5, 0.6) is 0 Å². The first kappa shape index (κ1) is 20.2. The number of carbonyl (C=O) groups is 2. The topological polar surface area (TPSA) is 84.0 Å². The maximum absolute atomic E-state index is 12.2. The lowest BCUT2D eigenvalue weighted by molar-refractivity contribution is -0.121. The highest BCUT2D eigenvalue weighted by molar-refractivity contribution is 7.13. The minimum absolute atomic E-state index is 0.0722. The number of hydrogen-bond donors (Lipinski definition) is 2. The summed E-state index contributed by atoms with van der Waals surface area (Å²) in [6.07, 6.45) is 9.99. The van der Waals surface area contributed by atoms with Gasteiger partial charge in [-0.3, -0.25) is 9.59 Å². The Labute approximate surface area is 169 Å². The van der Waals surface area contributed by atoms with Gasteiger partial charge in [-0.15, -0.1) is 10.2 Å². The van der Waals surface area contributed by atoms with Crippen molar-refractivity contribution in [2.45, 2.75) is 51.4 Å². The van der Waals surface area contributed by atoms with Crippen molar-refractivity contribution in [1.82, 2.24) is 15.5 Å². The van der Waals surface area contributed by atoms with Crippen LogP contribution < -0.4 is 10.6 Å². The van der Waals surface area contributed by atoms with Gasteiger partial charge in [0.15, 0.2) is 0 Å². The molecule has 2 N–H and O–H groups in total. The van der Waals surface area contributed by atoms with E-state index < -0.39 is 0 Å². The minimum Gasteiger partial charge on any atom is -0.356 e. The number of carbonyl (C=O) groups excluding carboxylic acids is 2. The van der Waals surface area contributed by atoms with Crippen molar-refractivity contribution in [1.29, 1.82) is 0 Å². The Morgan fingerprint density at radius 1 is 1.07 bits per heavy atom. The number of hydrogen-bond acceptors (Lipinski definition) is 5. The molecule has 0 aliphatic heterocycles. The number of aryl methyl sites for hydroxylation is 1. The fourth-order valence-corrected chi connectivity index (χ4v) is 3.91. The van der Waals surface area contributed by atoms with Crippen molar-refractivity contribution in [3.8, 4) is 0 Å². The van der Waals surface area contributed by atoms with E-state index in [1.165, 1.54) is 42.6 Å². The van der Waals surface area contributed by atoms with Crippen LogP contribution in [0.4, 0.5) is 5.69 Å². The fourth-order valence-electron chi connectivity index (χ4n) is 3.14. The zero-order valence-electron chi connectivity index (χ0n) is 15.9. The second-order valence-corrected chi connectivity index (χ2v) is 7.94. The van der Waals surface area contributed by atoms with Gasteiger partial charge in [0.1, 0.15) is 5.01 Å². The third kappa shape index (κ3) is 6.56. The molecule has 0 bridgehead atoms. The quantitative estimate of drug-likeness (QED) is 0.622. The molecule has 28 heavy (non-hydrogen) atoms. The summed E-state index contributed by atoms with van der Waals surface area (Å²) in [7, 11) is 0. The number of benzene rings is 1. The van der Waals surface area contributed by atoms with E-state index in [1.54, 1.807) is 0 Å². The number of allylic oxidation sites excluding steroid dienone is 1. The van der Waals surface area contributed by atoms with Gasteiger partial charge in [-0.25, -0.2) is 0 Å². The van der Waals surface area contributed by atoms with Crippen LogP contribution in [0.2, 0.25) is 0 Å². The van der Waals surface area contributed by atoms with Crippen LogP contribution in [-0.4, -0.2) is 28.6 Å². The molecular weight excluding hydrogens is 372 g/mol. The van der Waals surface area contributed by atoms with Crippen LogP contribution in [0.15, 0.2) is 42.0 Å². The highest BCUT2D eigenvalue weighted by atomic mass is 32.1. The van der Waals surface area contributed by atoms with Crippen molar-refractivity contribution in [3.63, 3.8) is 0 Å². The lowest BCUT2D eigenvalue weighted by Crippen LogP contribution is -2.24. The SMILES string of the molecule is O=C(CCCc1nnc(C(=O)Nc2ccccc2)s1)NCCC1=CCCCC1. The van der Waals surface area contributed by atoms with Crippen molar-refractivity contribution in [2.75, 3.05) is 11.9 Å². The van der Waals surface area contributed by atoms with Gasteiger partial charge in [0.2, 0.25) is 10.9 Å². The van der Waals surface area contributed by atoms with Gasteiger partial charge in [-0.05, 0) is 50.7 Å². The van der Waals surface area contributed by atoms with Crippen LogP contribution in [0.1, 0.15) is 59.8 Å². The molecule has 2 aromatic rings. The summed E-state index contributed by atoms with van der Waals surface area (Å²) in [5.74, 6) is -0.187. The van der Waals surface area contributed by atoms with E-state index >= 15 is 0 Å². The average molecular weight is 399 g/mol. The van der Waals surface area contributed by atoms with Gasteiger partial charge < -0.3 is 10.6 Å². The summed E-state index contributed by atoms with van der Waals surface area (Å²) < 4.78 is 0. The molecule has 1 aliphatic rings. The van der Waals surface area contributed by atoms with Gasteiger partial charge >= 0.3 is 0 Å². The van der Waals surface area contributed by atoms with E-state index in [0.29, 0.717) is 30.8 Å². The van der Waals surface area contributed by atoms with Crippen LogP contribution >= 0.6 is 11.3 Å². The van der Waals surface area contributed by atoms with Crippen LogP contribution in [0.3, 0.4) is 0 Å². The average Bonchev–Trinajstić information content (AvgIpc) is 3.19. The van der Waals surface area contributed by atoms with Gasteiger partial charge in [0.05, 0.1) is 0 Å². The van der Waals surface area contributed by atoms with Crippen LogP contribution in [-0.2, 0) is 11.2 Å². The number of para-hydroxylation sites is 1. The molecule has 3 rings (SSSR count). The molecule has 1 aromatic heterocycles. The molecule has 0 saturated heterocycles. The van der Waals surface area contributed by atoms with Crippen molar-refractivity contribution in [3.05, 3.63) is 52.0 Å². The number of amides is 2. The Hall–Kier alpha value is -2.54. The Kier molecular flexibility index (Phi) is 7.72. The maximum atomic E-state index is 12.2. The van der Waals surface area contributed by atoms with E-state index in [0.717, 1.165) is 17.1 Å². The molecule has 0 unspecified atom stereocenters. The van der Waals surface area contributed by atoms with Crippen LogP contribution in [0, 0.1) is 0 Å². The largest absolute Gasteiger partial charge is 0.356 e. The summed E-state index contributed by atoms with van der Waals surface area (Å²) >= 11 is 1.28. The first-order valence-corrected chi connectivity index (χ1v) is 10.7. The number of rotatable bonds is 9. The number of nitrogens with zero attached hydrogens (tertiary/aromatic N) is 2. The second-order valence-electron chi connectivity index (χ2n) is 6.88. The highest BCUT2D eigenvalue weighted by Crippen LogP contribution is 2.19. The van der Waals surface area contributed by atoms with E-state index in [4.69, 9.17) is 0 Å². The predicted octanol–water partition coefficient (Wildman–Crippen LogP) is 4.12. The van der Waals surface area contributed by atoms with Crippen LogP contribution in [0.25, 0.3) is 0 Å². The summed E-state index contributed by atoms with van der Waals surface area (Å²) in [6, 6.07) is 9.26. The number of aromatic nitrogens is 2. The number of nitrogens with one attached hydrogen (secondary N) is 2. The van der Waals surface area contributed by atoms with Gasteiger partial charge in [0.25, 0.3) is 5.91 Å². The summed E-state index contributed by atoms with van der Waals surface area (Å²) in [5.41, 5.74) is 2.20. The maximum Gasteiger partial charge on any atom is 0.286 e. The van der Waals surface area contributed by atoms with E-state index in [9.17, 15) is 9.59 Å². The molecule has 148 valence electrons. The molecule has 0 atom stereocenters. The fraction of sp³-hybridized carbons (Fsp3) is 0.429. The molecule has 1 heterocycles. The smallest absolute Gasteiger partial charge is 0.286 e. The molecule has 0 radical (unpaired) electrons. The highest BCUT2D eigenvalue weighted by Gasteiger charge is 2.13. The van der Waals surface area contributed by atoms with Gasteiger partial charge in [-0.1, -0.05) is 41.2 Å². The summed E-state index contributed by atoms with van der Waals surface area (Å²) in [5, 5.41) is 14.9. The number of anilines is 1. The minimum atomic E-state index is -0.260. The zero-order chi connectivity index (χ0) is 19.6. The molecule has 0 fully saturated rings. The predicted molar refractivity (Wildman–Crippen MR) is 111 cm³/mol. The molecule has 0 saturated carbocycles. The Balaban J connectivity index is 1.34. The van der Waals surface area contributed by atoms with Crippen molar-refractivity contribution in [2.24, 2.45) is 0 Å². The summed E-state index contributed by atoms with van der Waals surface area (Å²) in [6.45, 7) is 0.716. The molecule has 6 nitrogen and oxygen atoms in total. The van der Waals surface area contributed by atoms with Crippen molar-refractivity contribution >= 4 is 28.8 Å². The van der Waals surface area contributed by atoms with Crippen molar-refractivity contribution < 1.29 is 9.59 Å². The monoisotopic (exact) mass is 398 g/mol. The standard InChI is InChI=1S/C21H26N4O2S/c26-18(22-15-14-16-8-3-1-4-9-16)12-7-13-19-24-25-21(28-19)20(27)23-17-10-5-2-6-11-17/h2,5-6,8,10-11H,1,3-4,7,9,12-15H2,(H,22,26)(H,23,27). The Morgan fingerprint density at radius 2 is 1.93 bits per heavy atom. The Bertz CT molecular complexity index is 817. The van der Waals surface area contributed by atoms with E-state index in [1.807, 2.05) is 30.3 Å². The molecule has 0 spiro atoms. The molecule has 1 aromatic carbocycles. The first-order valence-electron chi connectivity index (χ1n) is 9.84. The van der Waals surface area contributed by atoms with Gasteiger partial charge in [-0.2, -0.15) is 0 Å².